The van der Waals surface area contributed by atoms with Crippen LogP contribution in [0.2, 0.25) is 0 Å². The van der Waals surface area contributed by atoms with Crippen LogP contribution in [-0.2, 0) is 6.54 Å². The molecule has 0 aromatic carbocycles. The standard InChI is InChI=1S/C11H19N5/c12-8-4-3-7-16-10(8)14-15-11(16)9-5-1-2-6-13-9/h8-9,13H,1-7,12H2. The Morgan fingerprint density at radius 1 is 1.12 bits per heavy atom. The second-order valence-corrected chi connectivity index (χ2v) is 4.82. The zero-order chi connectivity index (χ0) is 11.0. The maximum atomic E-state index is 6.05. The molecule has 1 fully saturated rings. The van der Waals surface area contributed by atoms with Gasteiger partial charge in [-0.15, -0.1) is 10.2 Å². The largest absolute Gasteiger partial charge is 0.321 e. The predicted molar refractivity (Wildman–Crippen MR) is 60.8 cm³/mol. The zero-order valence-electron chi connectivity index (χ0n) is 9.52. The smallest absolute Gasteiger partial charge is 0.150 e. The normalized spacial score (nSPS) is 30.1. The maximum Gasteiger partial charge on any atom is 0.150 e. The molecule has 3 rings (SSSR count). The topological polar surface area (TPSA) is 68.8 Å². The summed E-state index contributed by atoms with van der Waals surface area (Å²) >= 11 is 0. The lowest BCUT2D eigenvalue weighted by Gasteiger charge is -2.26. The van der Waals surface area contributed by atoms with Gasteiger partial charge in [0.05, 0.1) is 12.1 Å². The van der Waals surface area contributed by atoms with Gasteiger partial charge in [0.15, 0.2) is 0 Å². The van der Waals surface area contributed by atoms with E-state index in [4.69, 9.17) is 5.73 Å². The monoisotopic (exact) mass is 221 g/mol. The maximum absolute atomic E-state index is 6.05. The van der Waals surface area contributed by atoms with E-state index < -0.39 is 0 Å². The molecule has 5 nitrogen and oxygen atoms in total. The van der Waals surface area contributed by atoms with Gasteiger partial charge in [-0.2, -0.15) is 0 Å². The first-order chi connectivity index (χ1) is 7.86. The molecule has 2 aliphatic rings. The number of fused-ring (bicyclic) bond motifs is 1. The average molecular weight is 221 g/mol. The lowest BCUT2D eigenvalue weighted by atomic mass is 10.0. The Kier molecular flexibility index (Phi) is 2.65. The van der Waals surface area contributed by atoms with Crippen molar-refractivity contribution in [1.29, 1.82) is 0 Å². The second-order valence-electron chi connectivity index (χ2n) is 4.82. The zero-order valence-corrected chi connectivity index (χ0v) is 9.52. The fourth-order valence-electron chi connectivity index (χ4n) is 2.76. The van der Waals surface area contributed by atoms with Crippen molar-refractivity contribution in [1.82, 2.24) is 20.1 Å². The summed E-state index contributed by atoms with van der Waals surface area (Å²) in [5.74, 6) is 2.08. The van der Waals surface area contributed by atoms with Crippen LogP contribution in [0.5, 0.6) is 0 Å². The van der Waals surface area contributed by atoms with Crippen LogP contribution in [0.25, 0.3) is 0 Å². The summed E-state index contributed by atoms with van der Waals surface area (Å²) in [6, 6.07) is 0.471. The Balaban J connectivity index is 1.89. The third-order valence-electron chi connectivity index (χ3n) is 3.66. The number of hydrogen-bond donors (Lipinski definition) is 2. The van der Waals surface area contributed by atoms with Gasteiger partial charge in [-0.25, -0.2) is 0 Å². The van der Waals surface area contributed by atoms with Crippen LogP contribution >= 0.6 is 0 Å². The highest BCUT2D eigenvalue weighted by atomic mass is 15.3. The van der Waals surface area contributed by atoms with Gasteiger partial charge in [0.25, 0.3) is 0 Å². The summed E-state index contributed by atoms with van der Waals surface area (Å²) in [6.07, 6.45) is 5.92. The first kappa shape index (κ1) is 10.2. The van der Waals surface area contributed by atoms with Crippen molar-refractivity contribution in [2.45, 2.75) is 50.7 Å². The molecule has 3 heterocycles. The molecule has 0 amide bonds. The molecule has 2 aliphatic heterocycles. The Bertz CT molecular complexity index is 366. The highest BCUT2D eigenvalue weighted by Gasteiger charge is 2.27. The summed E-state index contributed by atoms with van der Waals surface area (Å²) < 4.78 is 2.23. The molecular weight excluding hydrogens is 202 g/mol. The predicted octanol–water partition coefficient (Wildman–Crippen LogP) is 0.886. The molecule has 1 aromatic heterocycles. The molecule has 2 atom stereocenters. The van der Waals surface area contributed by atoms with Gasteiger partial charge in [0, 0.05) is 6.54 Å². The molecule has 1 saturated heterocycles. The molecule has 88 valence electrons. The Morgan fingerprint density at radius 3 is 2.81 bits per heavy atom. The first-order valence-corrected chi connectivity index (χ1v) is 6.28. The van der Waals surface area contributed by atoms with Crippen molar-refractivity contribution in [3.8, 4) is 0 Å². The number of nitrogens with zero attached hydrogens (tertiary/aromatic N) is 3. The van der Waals surface area contributed by atoms with Gasteiger partial charge in [0.1, 0.15) is 11.6 Å². The number of piperidine rings is 1. The van der Waals surface area contributed by atoms with E-state index in [2.05, 4.69) is 20.1 Å². The minimum Gasteiger partial charge on any atom is -0.321 e. The lowest BCUT2D eigenvalue weighted by Crippen LogP contribution is -2.31. The quantitative estimate of drug-likeness (QED) is 0.739. The van der Waals surface area contributed by atoms with E-state index in [1.807, 2.05) is 0 Å². The van der Waals surface area contributed by atoms with E-state index in [1.165, 1.54) is 19.3 Å². The van der Waals surface area contributed by atoms with E-state index in [9.17, 15) is 0 Å². The number of aromatic nitrogens is 3. The third kappa shape index (κ3) is 1.64. The molecule has 0 radical (unpaired) electrons. The molecular formula is C11H19N5. The number of hydrogen-bond acceptors (Lipinski definition) is 4. The molecule has 16 heavy (non-hydrogen) atoms. The van der Waals surface area contributed by atoms with Crippen LogP contribution in [0.15, 0.2) is 0 Å². The fourth-order valence-corrected chi connectivity index (χ4v) is 2.76. The van der Waals surface area contributed by atoms with Crippen LogP contribution in [0.3, 0.4) is 0 Å². The van der Waals surface area contributed by atoms with Gasteiger partial charge in [-0.05, 0) is 32.2 Å². The van der Waals surface area contributed by atoms with Crippen molar-refractivity contribution in [2.75, 3.05) is 6.54 Å². The molecule has 0 bridgehead atoms. The summed E-state index contributed by atoms with van der Waals surface area (Å²) in [5.41, 5.74) is 6.05. The van der Waals surface area contributed by atoms with Crippen LogP contribution in [0.4, 0.5) is 0 Å². The van der Waals surface area contributed by atoms with Gasteiger partial charge < -0.3 is 15.6 Å². The van der Waals surface area contributed by atoms with Crippen molar-refractivity contribution >= 4 is 0 Å². The van der Waals surface area contributed by atoms with E-state index >= 15 is 0 Å². The second kappa shape index (κ2) is 4.14. The SMILES string of the molecule is NC1CCCn2c1nnc2C1CCCCN1. The fraction of sp³-hybridized carbons (Fsp3) is 0.818. The minimum atomic E-state index is 0.0820. The highest BCUT2D eigenvalue weighted by Crippen LogP contribution is 2.27. The van der Waals surface area contributed by atoms with Crippen molar-refractivity contribution in [2.24, 2.45) is 5.73 Å². The molecule has 2 unspecified atom stereocenters. The summed E-state index contributed by atoms with van der Waals surface area (Å²) in [7, 11) is 0. The summed E-state index contributed by atoms with van der Waals surface area (Å²) in [6.45, 7) is 2.13. The van der Waals surface area contributed by atoms with Gasteiger partial charge in [0.2, 0.25) is 0 Å². The number of nitrogens with two attached hydrogens (primary N) is 1. The van der Waals surface area contributed by atoms with E-state index in [0.29, 0.717) is 6.04 Å². The molecule has 1 aromatic rings. The summed E-state index contributed by atoms with van der Waals surface area (Å²) in [5, 5.41) is 12.1. The molecule has 0 aliphatic carbocycles. The Morgan fingerprint density at radius 2 is 2.00 bits per heavy atom. The van der Waals surface area contributed by atoms with Gasteiger partial charge in [-0.3, -0.25) is 0 Å². The highest BCUT2D eigenvalue weighted by molar-refractivity contribution is 5.07. The number of nitrogens with one attached hydrogen (secondary N) is 1. The van der Waals surface area contributed by atoms with E-state index in [1.54, 1.807) is 0 Å². The van der Waals surface area contributed by atoms with Crippen LogP contribution in [0, 0.1) is 0 Å². The molecule has 3 N–H and O–H groups in total. The van der Waals surface area contributed by atoms with Gasteiger partial charge in [-0.1, -0.05) is 6.42 Å². The van der Waals surface area contributed by atoms with Crippen LogP contribution in [0.1, 0.15) is 55.8 Å². The van der Waals surface area contributed by atoms with Gasteiger partial charge >= 0.3 is 0 Å². The van der Waals surface area contributed by atoms with Crippen molar-refractivity contribution in [3.05, 3.63) is 11.6 Å². The van der Waals surface area contributed by atoms with E-state index in [-0.39, 0.29) is 6.04 Å². The van der Waals surface area contributed by atoms with Crippen molar-refractivity contribution < 1.29 is 0 Å². The average Bonchev–Trinajstić information content (AvgIpc) is 2.75. The van der Waals surface area contributed by atoms with Crippen molar-refractivity contribution in [3.63, 3.8) is 0 Å². The third-order valence-corrected chi connectivity index (χ3v) is 3.66. The minimum absolute atomic E-state index is 0.0820. The van der Waals surface area contributed by atoms with E-state index in [0.717, 1.165) is 37.6 Å². The van der Waals surface area contributed by atoms with Crippen LogP contribution < -0.4 is 11.1 Å². The first-order valence-electron chi connectivity index (χ1n) is 6.28. The molecule has 0 spiro atoms. The Hall–Kier alpha value is -0.940. The Labute approximate surface area is 95.4 Å². The number of rotatable bonds is 1. The molecule has 5 heteroatoms. The van der Waals surface area contributed by atoms with Crippen LogP contribution in [-0.4, -0.2) is 21.3 Å². The molecule has 0 saturated carbocycles. The lowest BCUT2D eigenvalue weighted by molar-refractivity contribution is 0.368. The summed E-state index contributed by atoms with van der Waals surface area (Å²) in [4.78, 5) is 0.